The Hall–Kier alpha value is -1.14. The van der Waals surface area contributed by atoms with Crippen LogP contribution in [0.3, 0.4) is 0 Å². The molecule has 2 aromatic rings. The Balaban J connectivity index is 2.06. The fourth-order valence-electron chi connectivity index (χ4n) is 1.72. The molecule has 0 amide bonds. The minimum Gasteiger partial charge on any atom is -0.527 e. The van der Waals surface area contributed by atoms with E-state index in [9.17, 15) is 0 Å². The van der Waals surface area contributed by atoms with Gasteiger partial charge in [-0.05, 0) is 24.3 Å². The van der Waals surface area contributed by atoms with Gasteiger partial charge in [0.1, 0.15) is 43.1 Å². The second kappa shape index (κ2) is 8.11. The predicted octanol–water partition coefficient (Wildman–Crippen LogP) is 5.04. The lowest BCUT2D eigenvalue weighted by atomic mass is 10.2. The average molecular weight is 396 g/mol. The molecule has 0 aromatic heterocycles. The van der Waals surface area contributed by atoms with Gasteiger partial charge in [0.2, 0.25) is 0 Å². The van der Waals surface area contributed by atoms with Crippen LogP contribution in [0.25, 0.3) is 0 Å². The van der Waals surface area contributed by atoms with Crippen LogP contribution in [0.1, 0.15) is 0 Å². The molecule has 0 N–H and O–H groups in total. The molecule has 0 heterocycles. The largest absolute Gasteiger partial charge is 0.576 e. The molecule has 0 saturated carbocycles. The quantitative estimate of drug-likeness (QED) is 0.642. The van der Waals surface area contributed by atoms with E-state index in [0.29, 0.717) is 23.0 Å². The zero-order valence-corrected chi connectivity index (χ0v) is 15.2. The fraction of sp³-hybridized carbons (Fsp3) is 0.143. The van der Waals surface area contributed by atoms with Crippen LogP contribution in [0.15, 0.2) is 24.3 Å². The first-order valence-corrected chi connectivity index (χ1v) is 7.80. The van der Waals surface area contributed by atoms with Crippen LogP contribution in [0.5, 0.6) is 23.0 Å². The molecule has 4 nitrogen and oxygen atoms in total. The highest BCUT2D eigenvalue weighted by Crippen LogP contribution is 2.40. The lowest BCUT2D eigenvalue weighted by Crippen LogP contribution is -2.11. The lowest BCUT2D eigenvalue weighted by molar-refractivity contribution is 0.412. The van der Waals surface area contributed by atoms with Crippen molar-refractivity contribution in [1.82, 2.24) is 0 Å². The van der Waals surface area contributed by atoms with Gasteiger partial charge in [-0.25, -0.2) is 0 Å². The second-order valence-corrected chi connectivity index (χ2v) is 5.71. The van der Waals surface area contributed by atoms with Gasteiger partial charge in [0, 0.05) is 0 Å². The summed E-state index contributed by atoms with van der Waals surface area (Å²) < 4.78 is 21.0. The zero-order valence-electron chi connectivity index (χ0n) is 12.2. The van der Waals surface area contributed by atoms with Gasteiger partial charge >= 0.3 is 7.69 Å². The molecular formula is C14H11BCl4O4. The Morgan fingerprint density at radius 2 is 0.913 bits per heavy atom. The van der Waals surface area contributed by atoms with E-state index in [-0.39, 0.29) is 27.8 Å². The van der Waals surface area contributed by atoms with E-state index >= 15 is 0 Å². The molecule has 0 unspecified atom stereocenters. The first-order chi connectivity index (χ1) is 11.0. The topological polar surface area (TPSA) is 36.9 Å². The highest BCUT2D eigenvalue weighted by molar-refractivity contribution is 6.45. The summed E-state index contributed by atoms with van der Waals surface area (Å²) in [5.74, 6) is 1.62. The number of methoxy groups -OCH3 is 2. The second-order valence-electron chi connectivity index (χ2n) is 4.19. The number of halogens is 4. The summed E-state index contributed by atoms with van der Waals surface area (Å²) in [7, 11) is 2.86. The normalized spacial score (nSPS) is 10.2. The van der Waals surface area contributed by atoms with Gasteiger partial charge in [-0.15, -0.1) is 0 Å². The molecule has 0 bridgehead atoms. The molecule has 0 spiro atoms. The molecule has 0 aliphatic heterocycles. The summed E-state index contributed by atoms with van der Waals surface area (Å²) in [5.41, 5.74) is 0. The van der Waals surface area contributed by atoms with Crippen molar-refractivity contribution in [1.29, 1.82) is 0 Å². The van der Waals surface area contributed by atoms with E-state index in [1.54, 1.807) is 24.3 Å². The SMILES string of the molecule is COc1ccc(OBOc2ccc(OC)c(Cl)c2Cl)c(Cl)c1Cl. The maximum absolute atomic E-state index is 6.10. The molecule has 9 heteroatoms. The Bertz CT molecular complexity index is 652. The zero-order chi connectivity index (χ0) is 17.0. The van der Waals surface area contributed by atoms with Gasteiger partial charge in [0.15, 0.2) is 0 Å². The number of rotatable bonds is 6. The monoisotopic (exact) mass is 394 g/mol. The van der Waals surface area contributed by atoms with E-state index in [1.807, 2.05) is 0 Å². The fourth-order valence-corrected chi connectivity index (χ4v) is 2.61. The van der Waals surface area contributed by atoms with Crippen LogP contribution in [-0.4, -0.2) is 21.9 Å². The summed E-state index contributed by atoms with van der Waals surface area (Å²) in [5, 5.41) is 0.983. The molecule has 2 aromatic carbocycles. The Morgan fingerprint density at radius 3 is 1.26 bits per heavy atom. The van der Waals surface area contributed by atoms with Gasteiger partial charge in [-0.2, -0.15) is 0 Å². The van der Waals surface area contributed by atoms with Crippen molar-refractivity contribution < 1.29 is 18.8 Å². The third kappa shape index (κ3) is 4.04. The van der Waals surface area contributed by atoms with Crippen LogP contribution < -0.4 is 18.8 Å². The Labute approximate surface area is 154 Å². The van der Waals surface area contributed by atoms with Crippen molar-refractivity contribution in [2.45, 2.75) is 0 Å². The minimum atomic E-state index is -0.134. The van der Waals surface area contributed by atoms with Gasteiger partial charge in [-0.3, -0.25) is 0 Å². The lowest BCUT2D eigenvalue weighted by Gasteiger charge is -2.13. The van der Waals surface area contributed by atoms with Crippen LogP contribution in [0.2, 0.25) is 20.1 Å². The van der Waals surface area contributed by atoms with E-state index < -0.39 is 0 Å². The van der Waals surface area contributed by atoms with E-state index in [2.05, 4.69) is 0 Å². The van der Waals surface area contributed by atoms with Crippen LogP contribution in [0.4, 0.5) is 0 Å². The molecule has 0 radical (unpaired) electrons. The van der Waals surface area contributed by atoms with Gasteiger partial charge in [-0.1, -0.05) is 46.4 Å². The van der Waals surface area contributed by atoms with Crippen molar-refractivity contribution in [2.24, 2.45) is 0 Å². The van der Waals surface area contributed by atoms with Crippen LogP contribution in [0, 0.1) is 0 Å². The minimum absolute atomic E-state index is 0.134. The third-order valence-electron chi connectivity index (χ3n) is 2.89. The number of benzene rings is 2. The first-order valence-electron chi connectivity index (χ1n) is 6.29. The van der Waals surface area contributed by atoms with Crippen molar-refractivity contribution >= 4 is 54.1 Å². The van der Waals surface area contributed by atoms with Crippen molar-refractivity contribution in [3.63, 3.8) is 0 Å². The van der Waals surface area contributed by atoms with Crippen molar-refractivity contribution in [2.75, 3.05) is 14.2 Å². The first kappa shape index (κ1) is 18.2. The molecule has 0 atom stereocenters. The van der Waals surface area contributed by atoms with Gasteiger partial charge < -0.3 is 18.8 Å². The molecule has 122 valence electrons. The number of ether oxygens (including phenoxy) is 2. The van der Waals surface area contributed by atoms with E-state index in [0.717, 1.165) is 0 Å². The molecule has 23 heavy (non-hydrogen) atoms. The molecule has 0 aliphatic carbocycles. The molecular weight excluding hydrogens is 385 g/mol. The molecule has 0 aliphatic rings. The predicted molar refractivity (Wildman–Crippen MR) is 94.4 cm³/mol. The summed E-state index contributed by atoms with van der Waals surface area (Å²) in [6.07, 6.45) is 0. The van der Waals surface area contributed by atoms with E-state index in [1.165, 1.54) is 14.2 Å². The Kier molecular flexibility index (Phi) is 6.42. The van der Waals surface area contributed by atoms with Crippen molar-refractivity contribution in [3.05, 3.63) is 44.4 Å². The summed E-state index contributed by atoms with van der Waals surface area (Å²) in [6, 6.07) is 6.53. The van der Waals surface area contributed by atoms with Crippen molar-refractivity contribution in [3.8, 4) is 23.0 Å². The van der Waals surface area contributed by atoms with Gasteiger partial charge in [0.25, 0.3) is 0 Å². The van der Waals surface area contributed by atoms with Crippen LogP contribution in [-0.2, 0) is 0 Å². The smallest absolute Gasteiger partial charge is 0.527 e. The van der Waals surface area contributed by atoms with Crippen LogP contribution >= 0.6 is 46.4 Å². The standard InChI is InChI=1S/C14H11BCl4O4/c1-20-7-3-5-9(13(18)11(7)16)22-15-23-10-6-4-8(21-2)12(17)14(10)19/h3-6,15H,1-2H3. The summed E-state index contributed by atoms with van der Waals surface area (Å²) in [6.45, 7) is 0. The highest BCUT2D eigenvalue weighted by atomic mass is 35.5. The highest BCUT2D eigenvalue weighted by Gasteiger charge is 2.15. The summed E-state index contributed by atoms with van der Waals surface area (Å²) >= 11 is 24.3. The molecule has 0 fully saturated rings. The van der Waals surface area contributed by atoms with E-state index in [4.69, 9.17) is 65.2 Å². The molecule has 2 rings (SSSR count). The molecule has 0 saturated heterocycles. The maximum atomic E-state index is 6.10. The number of hydrogen-bond donors (Lipinski definition) is 0. The third-order valence-corrected chi connectivity index (χ3v) is 4.59. The number of hydrogen-bond acceptors (Lipinski definition) is 4. The Morgan fingerprint density at radius 1 is 0.609 bits per heavy atom. The summed E-state index contributed by atoms with van der Waals surface area (Å²) in [4.78, 5) is 0. The maximum Gasteiger partial charge on any atom is 0.576 e. The average Bonchev–Trinajstić information content (AvgIpc) is 2.55. The van der Waals surface area contributed by atoms with Gasteiger partial charge in [0.05, 0.1) is 14.2 Å².